The summed E-state index contributed by atoms with van der Waals surface area (Å²) in [6, 6.07) is 77.4. The molecule has 0 bridgehead atoms. The molecule has 14 aromatic rings. The molecule has 0 atom stereocenters. The van der Waals surface area contributed by atoms with Crippen LogP contribution < -0.4 is 0 Å². The molecule has 0 aliphatic carbocycles. The maximum Gasteiger partial charge on any atom is 0.418 e. The molecule has 80 heavy (non-hydrogen) atoms. The van der Waals surface area contributed by atoms with Crippen molar-refractivity contribution in [1.29, 1.82) is 5.26 Å². The molecule has 9 nitrogen and oxygen atoms in total. The summed E-state index contributed by atoms with van der Waals surface area (Å²) >= 11 is 0. The Balaban J connectivity index is 1.03. The highest BCUT2D eigenvalue weighted by Gasteiger charge is 2.37. The van der Waals surface area contributed by atoms with Gasteiger partial charge in [-0.2, -0.15) is 18.4 Å². The number of rotatable bonds is 9. The van der Waals surface area contributed by atoms with Crippen molar-refractivity contribution in [2.75, 3.05) is 0 Å². The Bertz CT molecular complexity index is 4650. The number of aromatic nitrogens is 8. The number of alkyl halides is 3. The molecular weight excluding hydrogens is 1000 g/mol. The summed E-state index contributed by atoms with van der Waals surface area (Å²) in [6.07, 6.45) is -4.88. The molecule has 0 unspecified atom stereocenters. The molecule has 378 valence electrons. The van der Waals surface area contributed by atoms with Gasteiger partial charge in [-0.1, -0.05) is 194 Å². The van der Waals surface area contributed by atoms with Crippen molar-refractivity contribution in [2.45, 2.75) is 6.18 Å². The van der Waals surface area contributed by atoms with Crippen molar-refractivity contribution >= 4 is 43.6 Å². The zero-order valence-corrected chi connectivity index (χ0v) is 42.3. The van der Waals surface area contributed by atoms with E-state index in [0.29, 0.717) is 84.8 Å². The lowest BCUT2D eigenvalue weighted by Crippen LogP contribution is -2.13. The first-order valence-corrected chi connectivity index (χ1v) is 25.8. The van der Waals surface area contributed by atoms with E-state index in [-0.39, 0.29) is 11.4 Å². The fourth-order valence-corrected chi connectivity index (χ4v) is 10.8. The summed E-state index contributed by atoms with van der Waals surface area (Å²) < 4.78 is 53.4. The first-order chi connectivity index (χ1) is 39.2. The van der Waals surface area contributed by atoms with Crippen LogP contribution in [0.1, 0.15) is 11.1 Å². The van der Waals surface area contributed by atoms with Crippen LogP contribution in [0.5, 0.6) is 0 Å². The molecule has 0 aliphatic heterocycles. The molecule has 10 aromatic carbocycles. The second-order valence-electron chi connectivity index (χ2n) is 19.3. The van der Waals surface area contributed by atoms with Crippen molar-refractivity contribution in [1.82, 2.24) is 39.0 Å². The molecule has 0 amide bonds. The Labute approximate surface area is 455 Å². The monoisotopic (exact) mass is 1040 g/mol. The number of hydrogen-bond acceptors (Lipinski definition) is 7. The number of nitrogens with zero attached hydrogens (tertiary/aromatic N) is 9. The molecule has 14 rings (SSSR count). The van der Waals surface area contributed by atoms with Gasteiger partial charge >= 0.3 is 6.18 Å². The molecule has 0 saturated carbocycles. The van der Waals surface area contributed by atoms with Gasteiger partial charge in [0.05, 0.1) is 50.6 Å². The first-order valence-electron chi connectivity index (χ1n) is 25.8. The number of para-hydroxylation sites is 2. The lowest BCUT2D eigenvalue weighted by Gasteiger charge is -2.22. The highest BCUT2D eigenvalue weighted by Crippen LogP contribution is 2.46. The van der Waals surface area contributed by atoms with Crippen molar-refractivity contribution in [2.24, 2.45) is 0 Å². The van der Waals surface area contributed by atoms with Gasteiger partial charge in [0.25, 0.3) is 0 Å². The molecule has 0 spiro atoms. The van der Waals surface area contributed by atoms with Crippen molar-refractivity contribution in [3.8, 4) is 96.9 Å². The maximum atomic E-state index is 16.6. The fraction of sp³-hybridized carbons (Fsp3) is 0.0147. The van der Waals surface area contributed by atoms with E-state index in [0.717, 1.165) is 43.8 Å². The smallest absolute Gasteiger partial charge is 0.309 e. The summed E-state index contributed by atoms with van der Waals surface area (Å²) in [5.41, 5.74) is 7.34. The van der Waals surface area contributed by atoms with Crippen molar-refractivity contribution in [3.05, 3.63) is 254 Å². The maximum absolute atomic E-state index is 16.6. The Hall–Kier alpha value is -10.9. The quantitative estimate of drug-likeness (QED) is 0.142. The molecule has 0 fully saturated rings. The topological polar surface area (TPSA) is 111 Å². The van der Waals surface area contributed by atoms with E-state index in [9.17, 15) is 5.26 Å². The highest BCUT2D eigenvalue weighted by atomic mass is 19.4. The summed E-state index contributed by atoms with van der Waals surface area (Å²) in [5.74, 6) is 2.59. The van der Waals surface area contributed by atoms with Crippen molar-refractivity contribution in [3.63, 3.8) is 0 Å². The van der Waals surface area contributed by atoms with Crippen LogP contribution in [0.15, 0.2) is 243 Å². The van der Waals surface area contributed by atoms with E-state index >= 15 is 13.2 Å². The summed E-state index contributed by atoms with van der Waals surface area (Å²) in [5, 5.41) is 13.4. The second-order valence-corrected chi connectivity index (χ2v) is 19.3. The Morgan fingerprint density at radius 3 is 1.09 bits per heavy atom. The van der Waals surface area contributed by atoms with Gasteiger partial charge in [0.15, 0.2) is 34.9 Å². The largest absolute Gasteiger partial charge is 0.418 e. The van der Waals surface area contributed by atoms with E-state index in [2.05, 4.69) is 6.07 Å². The third kappa shape index (κ3) is 8.37. The van der Waals surface area contributed by atoms with Gasteiger partial charge in [0.2, 0.25) is 0 Å². The average Bonchev–Trinajstić information content (AvgIpc) is 4.15. The zero-order chi connectivity index (χ0) is 53.9. The Kier molecular flexibility index (Phi) is 11.5. The van der Waals surface area contributed by atoms with E-state index in [1.165, 1.54) is 6.07 Å². The van der Waals surface area contributed by atoms with Crippen LogP contribution in [0, 0.1) is 11.3 Å². The number of nitriles is 1. The minimum Gasteiger partial charge on any atom is -0.309 e. The van der Waals surface area contributed by atoms with E-state index in [1.54, 1.807) is 28.8 Å². The van der Waals surface area contributed by atoms with Crippen LogP contribution in [-0.2, 0) is 6.18 Å². The molecule has 0 N–H and O–H groups in total. The van der Waals surface area contributed by atoms with Crippen LogP contribution in [-0.4, -0.2) is 39.0 Å². The van der Waals surface area contributed by atoms with Crippen LogP contribution >= 0.6 is 0 Å². The Morgan fingerprint density at radius 1 is 0.312 bits per heavy atom. The predicted molar refractivity (Wildman–Crippen MR) is 310 cm³/mol. The molecule has 4 aromatic heterocycles. The molecule has 0 aliphatic rings. The fourth-order valence-electron chi connectivity index (χ4n) is 10.8. The van der Waals surface area contributed by atoms with Gasteiger partial charge < -0.3 is 9.13 Å². The lowest BCUT2D eigenvalue weighted by atomic mass is 9.97. The van der Waals surface area contributed by atoms with Gasteiger partial charge in [-0.25, -0.2) is 29.9 Å². The minimum atomic E-state index is -4.88. The van der Waals surface area contributed by atoms with Gasteiger partial charge in [-0.05, 0) is 54.1 Å². The molecule has 4 heterocycles. The standard InChI is InChI=1S/C68H40F3N9/c69-68(70,71)55-40-60(79-56-30-15-13-28-50(56)52-34-32-48(37-58(52)79)66-75-62(43-19-5-1-6-20-43)73-63(76-66)44-21-7-2-8-22-44)54(47-27-17-18-42(36-47)41-72)39-61(55)80-57-31-16-14-29-51(57)53-35-33-49(38-59(53)80)67-77-64(45-23-9-3-10-24-45)74-65(78-67)46-25-11-4-12-26-46/h1-40H. The molecular formula is C68H40F3N9. The second kappa shape index (κ2) is 19.3. The van der Waals surface area contributed by atoms with E-state index in [4.69, 9.17) is 29.9 Å². The van der Waals surface area contributed by atoms with Gasteiger partial charge in [-0.15, -0.1) is 0 Å². The van der Waals surface area contributed by atoms with E-state index in [1.807, 2.05) is 217 Å². The lowest BCUT2D eigenvalue weighted by molar-refractivity contribution is -0.137. The molecule has 12 heteroatoms. The minimum absolute atomic E-state index is 0.110. The van der Waals surface area contributed by atoms with Gasteiger partial charge in [-0.3, -0.25) is 0 Å². The van der Waals surface area contributed by atoms with Gasteiger partial charge in [0, 0.05) is 60.5 Å². The van der Waals surface area contributed by atoms with Crippen LogP contribution in [0.2, 0.25) is 0 Å². The zero-order valence-electron chi connectivity index (χ0n) is 42.3. The van der Waals surface area contributed by atoms with Crippen LogP contribution in [0.25, 0.3) is 134 Å². The Morgan fingerprint density at radius 2 is 0.675 bits per heavy atom. The average molecular weight is 1040 g/mol. The van der Waals surface area contributed by atoms with Gasteiger partial charge in [0.1, 0.15) is 0 Å². The number of hydrogen-bond donors (Lipinski definition) is 0. The summed E-state index contributed by atoms with van der Waals surface area (Å²) in [4.78, 5) is 29.8. The van der Waals surface area contributed by atoms with Crippen LogP contribution in [0.4, 0.5) is 13.2 Å². The first kappa shape index (κ1) is 47.5. The normalized spacial score (nSPS) is 11.7. The third-order valence-electron chi connectivity index (χ3n) is 14.5. The summed E-state index contributed by atoms with van der Waals surface area (Å²) in [7, 11) is 0. The highest BCUT2D eigenvalue weighted by molar-refractivity contribution is 6.12. The number of halogens is 3. The SMILES string of the molecule is N#Cc1cccc(-c2cc(-n3c4ccccc4c4ccc(-c5nc(-c6ccccc6)nc(-c6ccccc6)n5)cc43)c(C(F)(F)F)cc2-n2c3ccccc3c3ccc(-c4nc(-c5ccccc5)nc(-c5ccccc5)n4)cc32)c1. The van der Waals surface area contributed by atoms with E-state index < -0.39 is 11.7 Å². The predicted octanol–water partition coefficient (Wildman–Crippen LogP) is 16.8. The van der Waals surface area contributed by atoms with Crippen LogP contribution in [0.3, 0.4) is 0 Å². The molecule has 0 saturated heterocycles. The number of fused-ring (bicyclic) bond motifs is 6. The third-order valence-corrected chi connectivity index (χ3v) is 14.5. The van der Waals surface area contributed by atoms with Crippen molar-refractivity contribution < 1.29 is 13.2 Å². The summed E-state index contributed by atoms with van der Waals surface area (Å²) in [6.45, 7) is 0. The number of benzene rings is 10. The molecule has 0 radical (unpaired) electrons.